The van der Waals surface area contributed by atoms with E-state index in [9.17, 15) is 0 Å². The zero-order chi connectivity index (χ0) is 13.5. The van der Waals surface area contributed by atoms with E-state index in [1.54, 1.807) is 0 Å². The third-order valence-corrected chi connectivity index (χ3v) is 3.69. The van der Waals surface area contributed by atoms with Crippen molar-refractivity contribution in [3.05, 3.63) is 11.9 Å². The number of nitrogens with zero attached hydrogens (tertiary/aromatic N) is 3. The summed E-state index contributed by atoms with van der Waals surface area (Å²) in [6.45, 7) is 3.92. The van der Waals surface area contributed by atoms with Crippen LogP contribution in [0.5, 0.6) is 0 Å². The fourth-order valence-electron chi connectivity index (χ4n) is 2.63. The normalized spacial score (nSPS) is 21.5. The van der Waals surface area contributed by atoms with E-state index in [-0.39, 0.29) is 6.04 Å². The largest absolute Gasteiger partial charge is 0.378 e. The summed E-state index contributed by atoms with van der Waals surface area (Å²) in [5.41, 5.74) is 3.96. The summed E-state index contributed by atoms with van der Waals surface area (Å²) in [5.74, 6) is 5.68. The SMILES string of the molecule is CCCn1nncc1C(CCC1CCCCO1)NN. The molecule has 0 radical (unpaired) electrons. The van der Waals surface area contributed by atoms with Crippen molar-refractivity contribution in [2.45, 2.75) is 64.1 Å². The summed E-state index contributed by atoms with van der Waals surface area (Å²) < 4.78 is 7.70. The van der Waals surface area contributed by atoms with Gasteiger partial charge in [-0.1, -0.05) is 12.1 Å². The number of aromatic nitrogens is 3. The first kappa shape index (κ1) is 14.4. The van der Waals surface area contributed by atoms with E-state index in [2.05, 4.69) is 22.7 Å². The monoisotopic (exact) mass is 267 g/mol. The van der Waals surface area contributed by atoms with Crippen LogP contribution >= 0.6 is 0 Å². The second-order valence-electron chi connectivity index (χ2n) is 5.17. The first-order valence-electron chi connectivity index (χ1n) is 7.31. The number of ether oxygens (including phenoxy) is 1. The van der Waals surface area contributed by atoms with Crippen molar-refractivity contribution in [3.8, 4) is 0 Å². The highest BCUT2D eigenvalue weighted by Crippen LogP contribution is 2.23. The maximum absolute atomic E-state index is 5.76. The minimum absolute atomic E-state index is 0.104. The maximum Gasteiger partial charge on any atom is 0.0770 e. The van der Waals surface area contributed by atoms with Gasteiger partial charge in [0, 0.05) is 13.2 Å². The van der Waals surface area contributed by atoms with Gasteiger partial charge in [0.25, 0.3) is 0 Å². The van der Waals surface area contributed by atoms with Crippen molar-refractivity contribution >= 4 is 0 Å². The zero-order valence-corrected chi connectivity index (χ0v) is 11.7. The predicted molar refractivity (Wildman–Crippen MR) is 73.2 cm³/mol. The van der Waals surface area contributed by atoms with Gasteiger partial charge in [0.15, 0.2) is 0 Å². The second kappa shape index (κ2) is 7.57. The van der Waals surface area contributed by atoms with Crippen molar-refractivity contribution < 1.29 is 4.74 Å². The summed E-state index contributed by atoms with van der Waals surface area (Å²) in [7, 11) is 0. The van der Waals surface area contributed by atoms with E-state index >= 15 is 0 Å². The average Bonchev–Trinajstić information content (AvgIpc) is 2.90. The fourth-order valence-corrected chi connectivity index (χ4v) is 2.63. The third kappa shape index (κ3) is 3.99. The standard InChI is InChI=1S/C13H25N5O/c1-2-8-18-13(10-15-17-18)12(16-14)7-6-11-5-3-4-9-19-11/h10-12,16H,2-9,14H2,1H3. The summed E-state index contributed by atoms with van der Waals surface area (Å²) in [4.78, 5) is 0. The van der Waals surface area contributed by atoms with E-state index in [4.69, 9.17) is 10.6 Å². The predicted octanol–water partition coefficient (Wildman–Crippen LogP) is 1.54. The Bertz CT molecular complexity index is 362. The summed E-state index contributed by atoms with van der Waals surface area (Å²) >= 11 is 0. The molecule has 1 saturated heterocycles. The van der Waals surface area contributed by atoms with Gasteiger partial charge in [-0.2, -0.15) is 0 Å². The average molecular weight is 267 g/mol. The minimum atomic E-state index is 0.104. The molecule has 1 fully saturated rings. The van der Waals surface area contributed by atoms with Crippen molar-refractivity contribution in [3.63, 3.8) is 0 Å². The fraction of sp³-hybridized carbons (Fsp3) is 0.846. The number of hydrazine groups is 1. The van der Waals surface area contributed by atoms with Crippen LogP contribution in [0, 0.1) is 0 Å². The molecule has 0 aromatic carbocycles. The lowest BCUT2D eigenvalue weighted by Crippen LogP contribution is -2.31. The molecule has 108 valence electrons. The number of rotatable bonds is 7. The highest BCUT2D eigenvalue weighted by Gasteiger charge is 2.19. The van der Waals surface area contributed by atoms with E-state index in [1.807, 2.05) is 10.9 Å². The van der Waals surface area contributed by atoms with E-state index in [0.29, 0.717) is 6.10 Å². The van der Waals surface area contributed by atoms with E-state index in [1.165, 1.54) is 19.3 Å². The Morgan fingerprint density at radius 3 is 3.16 bits per heavy atom. The molecule has 3 N–H and O–H groups in total. The number of aryl methyl sites for hydroxylation is 1. The zero-order valence-electron chi connectivity index (χ0n) is 11.7. The van der Waals surface area contributed by atoms with Crippen LogP contribution in [0.1, 0.15) is 57.2 Å². The summed E-state index contributed by atoms with van der Waals surface area (Å²) in [6, 6.07) is 0.104. The van der Waals surface area contributed by atoms with E-state index < -0.39 is 0 Å². The van der Waals surface area contributed by atoms with Crippen molar-refractivity contribution in [1.82, 2.24) is 20.4 Å². The topological polar surface area (TPSA) is 78.0 Å². The molecule has 0 amide bonds. The molecule has 6 heteroatoms. The number of nitrogens with two attached hydrogens (primary N) is 1. The van der Waals surface area contributed by atoms with Crippen LogP contribution in [-0.2, 0) is 11.3 Å². The van der Waals surface area contributed by atoms with Gasteiger partial charge in [-0.3, -0.25) is 11.3 Å². The van der Waals surface area contributed by atoms with Gasteiger partial charge in [0.05, 0.1) is 24.0 Å². The van der Waals surface area contributed by atoms with Crippen molar-refractivity contribution in [2.24, 2.45) is 5.84 Å². The number of hydrogen-bond acceptors (Lipinski definition) is 5. The lowest BCUT2D eigenvalue weighted by molar-refractivity contribution is 0.00840. The Morgan fingerprint density at radius 2 is 2.47 bits per heavy atom. The number of hydrogen-bond donors (Lipinski definition) is 2. The molecule has 6 nitrogen and oxygen atoms in total. The molecule has 0 saturated carbocycles. The van der Waals surface area contributed by atoms with Crippen LogP contribution in [0.4, 0.5) is 0 Å². The Labute approximate surface area is 114 Å². The second-order valence-corrected chi connectivity index (χ2v) is 5.17. The minimum Gasteiger partial charge on any atom is -0.378 e. The van der Waals surface area contributed by atoms with E-state index in [0.717, 1.165) is 38.1 Å². The molecule has 2 rings (SSSR count). The van der Waals surface area contributed by atoms with Gasteiger partial charge in [-0.25, -0.2) is 4.68 Å². The van der Waals surface area contributed by atoms with Gasteiger partial charge in [-0.05, 0) is 38.5 Å². The van der Waals surface area contributed by atoms with Crippen LogP contribution in [-0.4, -0.2) is 27.7 Å². The highest BCUT2D eigenvalue weighted by molar-refractivity contribution is 5.01. The van der Waals surface area contributed by atoms with Crippen LogP contribution < -0.4 is 11.3 Å². The molecule has 2 heterocycles. The molecule has 19 heavy (non-hydrogen) atoms. The Morgan fingerprint density at radius 1 is 1.58 bits per heavy atom. The molecule has 1 aromatic heterocycles. The van der Waals surface area contributed by atoms with Gasteiger partial charge >= 0.3 is 0 Å². The van der Waals surface area contributed by atoms with Crippen molar-refractivity contribution in [1.29, 1.82) is 0 Å². The molecule has 0 aliphatic carbocycles. The van der Waals surface area contributed by atoms with Gasteiger partial charge in [0.2, 0.25) is 0 Å². The first-order valence-corrected chi connectivity index (χ1v) is 7.31. The smallest absolute Gasteiger partial charge is 0.0770 e. The Balaban J connectivity index is 1.89. The van der Waals surface area contributed by atoms with Gasteiger partial charge in [-0.15, -0.1) is 5.10 Å². The van der Waals surface area contributed by atoms with Crippen LogP contribution in [0.2, 0.25) is 0 Å². The molecular weight excluding hydrogens is 242 g/mol. The Hall–Kier alpha value is -0.980. The molecule has 1 aromatic rings. The van der Waals surface area contributed by atoms with Crippen LogP contribution in [0.3, 0.4) is 0 Å². The highest BCUT2D eigenvalue weighted by atomic mass is 16.5. The van der Waals surface area contributed by atoms with Crippen molar-refractivity contribution in [2.75, 3.05) is 6.61 Å². The van der Waals surface area contributed by atoms with Gasteiger partial charge in [0.1, 0.15) is 0 Å². The maximum atomic E-state index is 5.76. The molecule has 0 bridgehead atoms. The summed E-state index contributed by atoms with van der Waals surface area (Å²) in [5, 5.41) is 8.10. The van der Waals surface area contributed by atoms with Crippen LogP contribution in [0.25, 0.3) is 0 Å². The lowest BCUT2D eigenvalue weighted by atomic mass is 10.0. The van der Waals surface area contributed by atoms with Gasteiger partial charge < -0.3 is 4.74 Å². The molecule has 2 unspecified atom stereocenters. The Kier molecular flexibility index (Phi) is 5.75. The quantitative estimate of drug-likeness (QED) is 0.579. The lowest BCUT2D eigenvalue weighted by Gasteiger charge is -2.24. The molecule has 1 aliphatic heterocycles. The summed E-state index contributed by atoms with van der Waals surface area (Å²) in [6.07, 6.45) is 8.87. The molecular formula is C13H25N5O. The molecule has 2 atom stereocenters. The number of nitrogens with one attached hydrogen (secondary N) is 1. The molecule has 1 aliphatic rings. The first-order chi connectivity index (χ1) is 9.35. The molecule has 0 spiro atoms. The third-order valence-electron chi connectivity index (χ3n) is 3.69. The van der Waals surface area contributed by atoms with Crippen LogP contribution in [0.15, 0.2) is 6.20 Å².